The van der Waals surface area contributed by atoms with E-state index in [0.717, 1.165) is 17.9 Å². The summed E-state index contributed by atoms with van der Waals surface area (Å²) >= 11 is 0. The van der Waals surface area contributed by atoms with Crippen LogP contribution in [0.15, 0.2) is 47.1 Å². The van der Waals surface area contributed by atoms with Crippen molar-refractivity contribution < 1.29 is 9.15 Å². The molecule has 0 aliphatic rings. The van der Waals surface area contributed by atoms with Crippen LogP contribution in [-0.4, -0.2) is 6.61 Å². The van der Waals surface area contributed by atoms with Crippen LogP contribution >= 0.6 is 0 Å². The summed E-state index contributed by atoms with van der Waals surface area (Å²) in [5.74, 6) is 1.90. The van der Waals surface area contributed by atoms with Crippen LogP contribution in [0.1, 0.15) is 18.2 Å². The van der Waals surface area contributed by atoms with Crippen LogP contribution in [0.4, 0.5) is 0 Å². The van der Waals surface area contributed by atoms with Crippen molar-refractivity contribution in [3.63, 3.8) is 0 Å². The summed E-state index contributed by atoms with van der Waals surface area (Å²) in [6, 6.07) is 12.0. The predicted octanol–water partition coefficient (Wildman–Crippen LogP) is 3.27. The van der Waals surface area contributed by atoms with E-state index >= 15 is 0 Å². The van der Waals surface area contributed by atoms with E-state index in [2.05, 4.69) is 12.1 Å². The van der Waals surface area contributed by atoms with E-state index in [1.807, 2.05) is 31.2 Å². The monoisotopic (exact) mass is 202 g/mol. The van der Waals surface area contributed by atoms with E-state index in [1.165, 1.54) is 5.56 Å². The number of hydrogen-bond donors (Lipinski definition) is 0. The average molecular weight is 202 g/mol. The van der Waals surface area contributed by atoms with Gasteiger partial charge in [0.25, 0.3) is 0 Å². The summed E-state index contributed by atoms with van der Waals surface area (Å²) in [4.78, 5) is 0. The number of ether oxygens (including phenoxy) is 1. The average Bonchev–Trinajstić information content (AvgIpc) is 2.74. The SMILES string of the molecule is CCOc1ccc(Cc2ccco2)cc1. The second-order valence-corrected chi connectivity index (χ2v) is 3.33. The van der Waals surface area contributed by atoms with Gasteiger partial charge in [0.2, 0.25) is 0 Å². The van der Waals surface area contributed by atoms with Gasteiger partial charge in [-0.05, 0) is 36.8 Å². The smallest absolute Gasteiger partial charge is 0.119 e. The van der Waals surface area contributed by atoms with Crippen molar-refractivity contribution in [2.24, 2.45) is 0 Å². The molecule has 2 rings (SSSR count). The highest BCUT2D eigenvalue weighted by Gasteiger charge is 1.99. The number of benzene rings is 1. The minimum atomic E-state index is 0.706. The maximum atomic E-state index is 5.37. The van der Waals surface area contributed by atoms with Gasteiger partial charge in [0.05, 0.1) is 12.9 Å². The van der Waals surface area contributed by atoms with Crippen molar-refractivity contribution in [1.29, 1.82) is 0 Å². The van der Waals surface area contributed by atoms with Gasteiger partial charge >= 0.3 is 0 Å². The minimum Gasteiger partial charge on any atom is -0.494 e. The molecule has 2 aromatic rings. The Kier molecular flexibility index (Phi) is 3.08. The van der Waals surface area contributed by atoms with E-state index in [0.29, 0.717) is 6.61 Å². The lowest BCUT2D eigenvalue weighted by Crippen LogP contribution is -1.91. The maximum absolute atomic E-state index is 5.37. The van der Waals surface area contributed by atoms with Gasteiger partial charge in [-0.15, -0.1) is 0 Å². The first-order valence-electron chi connectivity index (χ1n) is 5.12. The van der Waals surface area contributed by atoms with Gasteiger partial charge in [-0.1, -0.05) is 12.1 Å². The topological polar surface area (TPSA) is 22.4 Å². The van der Waals surface area contributed by atoms with Gasteiger partial charge in [-0.25, -0.2) is 0 Å². The Morgan fingerprint density at radius 1 is 1.13 bits per heavy atom. The highest BCUT2D eigenvalue weighted by Crippen LogP contribution is 2.15. The molecule has 0 aliphatic heterocycles. The van der Waals surface area contributed by atoms with E-state index in [1.54, 1.807) is 6.26 Å². The van der Waals surface area contributed by atoms with Crippen LogP contribution in [0.2, 0.25) is 0 Å². The Hall–Kier alpha value is -1.70. The summed E-state index contributed by atoms with van der Waals surface area (Å²) in [6.07, 6.45) is 2.53. The molecule has 1 aromatic carbocycles. The molecule has 1 aromatic heterocycles. The lowest BCUT2D eigenvalue weighted by atomic mass is 10.1. The lowest BCUT2D eigenvalue weighted by Gasteiger charge is -2.03. The Morgan fingerprint density at radius 3 is 2.53 bits per heavy atom. The molecule has 0 fully saturated rings. The summed E-state index contributed by atoms with van der Waals surface area (Å²) in [5, 5.41) is 0. The van der Waals surface area contributed by atoms with E-state index in [9.17, 15) is 0 Å². The van der Waals surface area contributed by atoms with Crippen molar-refractivity contribution in [3.05, 3.63) is 54.0 Å². The summed E-state index contributed by atoms with van der Waals surface area (Å²) in [5.41, 5.74) is 1.23. The maximum Gasteiger partial charge on any atom is 0.119 e. The fourth-order valence-electron chi connectivity index (χ4n) is 1.48. The summed E-state index contributed by atoms with van der Waals surface area (Å²) < 4.78 is 10.7. The molecular formula is C13H14O2. The highest BCUT2D eigenvalue weighted by atomic mass is 16.5. The number of hydrogen-bond acceptors (Lipinski definition) is 2. The molecule has 2 nitrogen and oxygen atoms in total. The fourth-order valence-corrected chi connectivity index (χ4v) is 1.48. The van der Waals surface area contributed by atoms with Crippen molar-refractivity contribution >= 4 is 0 Å². The Bertz CT molecular complexity index is 387. The van der Waals surface area contributed by atoms with Crippen molar-refractivity contribution in [3.8, 4) is 5.75 Å². The predicted molar refractivity (Wildman–Crippen MR) is 59.1 cm³/mol. The Balaban J connectivity index is 2.04. The lowest BCUT2D eigenvalue weighted by molar-refractivity contribution is 0.340. The van der Waals surface area contributed by atoms with Crippen LogP contribution < -0.4 is 4.74 Å². The molecule has 0 N–H and O–H groups in total. The molecule has 0 aliphatic carbocycles. The molecule has 15 heavy (non-hydrogen) atoms. The largest absolute Gasteiger partial charge is 0.494 e. The zero-order chi connectivity index (χ0) is 10.5. The van der Waals surface area contributed by atoms with Crippen LogP contribution in [0.5, 0.6) is 5.75 Å². The third kappa shape index (κ3) is 2.62. The molecule has 0 bridgehead atoms. The molecular weight excluding hydrogens is 188 g/mol. The van der Waals surface area contributed by atoms with Crippen LogP contribution in [0.25, 0.3) is 0 Å². The first-order valence-corrected chi connectivity index (χ1v) is 5.12. The standard InChI is InChI=1S/C13H14O2/c1-2-14-12-7-5-11(6-8-12)10-13-4-3-9-15-13/h3-9H,2,10H2,1H3. The summed E-state index contributed by atoms with van der Waals surface area (Å²) in [6.45, 7) is 2.69. The molecule has 0 atom stereocenters. The van der Waals surface area contributed by atoms with Crippen molar-refractivity contribution in [2.45, 2.75) is 13.3 Å². The van der Waals surface area contributed by atoms with Gasteiger partial charge in [-0.3, -0.25) is 0 Å². The van der Waals surface area contributed by atoms with Crippen LogP contribution in [-0.2, 0) is 6.42 Å². The van der Waals surface area contributed by atoms with Crippen molar-refractivity contribution in [1.82, 2.24) is 0 Å². The quantitative estimate of drug-likeness (QED) is 0.759. The van der Waals surface area contributed by atoms with Gasteiger partial charge in [0.1, 0.15) is 11.5 Å². The molecule has 1 heterocycles. The van der Waals surface area contributed by atoms with Crippen LogP contribution in [0, 0.1) is 0 Å². The molecule has 0 unspecified atom stereocenters. The van der Waals surface area contributed by atoms with Crippen molar-refractivity contribution in [2.75, 3.05) is 6.61 Å². The zero-order valence-corrected chi connectivity index (χ0v) is 8.77. The fraction of sp³-hybridized carbons (Fsp3) is 0.231. The van der Waals surface area contributed by atoms with E-state index in [4.69, 9.17) is 9.15 Å². The number of furan rings is 1. The Labute approximate surface area is 89.5 Å². The molecule has 0 amide bonds. The van der Waals surface area contributed by atoms with E-state index < -0.39 is 0 Å². The molecule has 0 spiro atoms. The molecule has 0 saturated carbocycles. The van der Waals surface area contributed by atoms with Gasteiger partial charge in [0, 0.05) is 6.42 Å². The van der Waals surface area contributed by atoms with Crippen LogP contribution in [0.3, 0.4) is 0 Å². The second-order valence-electron chi connectivity index (χ2n) is 3.33. The number of rotatable bonds is 4. The first-order chi connectivity index (χ1) is 7.38. The molecule has 78 valence electrons. The molecule has 0 saturated heterocycles. The van der Waals surface area contributed by atoms with Gasteiger partial charge in [-0.2, -0.15) is 0 Å². The zero-order valence-electron chi connectivity index (χ0n) is 8.77. The normalized spacial score (nSPS) is 10.2. The highest BCUT2D eigenvalue weighted by molar-refractivity contribution is 5.29. The first kappa shape index (κ1) is 9.84. The third-order valence-corrected chi connectivity index (χ3v) is 2.19. The molecule has 0 radical (unpaired) electrons. The second kappa shape index (κ2) is 4.69. The van der Waals surface area contributed by atoms with Gasteiger partial charge in [0.15, 0.2) is 0 Å². The van der Waals surface area contributed by atoms with E-state index in [-0.39, 0.29) is 0 Å². The minimum absolute atomic E-state index is 0.706. The Morgan fingerprint density at radius 2 is 1.93 bits per heavy atom. The summed E-state index contributed by atoms with van der Waals surface area (Å²) in [7, 11) is 0. The molecule has 2 heteroatoms. The third-order valence-electron chi connectivity index (χ3n) is 2.19. The van der Waals surface area contributed by atoms with Gasteiger partial charge < -0.3 is 9.15 Å².